The molecule has 0 spiro atoms. The number of nitrogens with zero attached hydrogens (tertiary/aromatic N) is 2. The van der Waals surface area contributed by atoms with Crippen LogP contribution in [0.15, 0.2) is 60.7 Å². The normalized spacial score (nSPS) is 10.9. The van der Waals surface area contributed by atoms with Crippen molar-refractivity contribution in [3.05, 3.63) is 83.2 Å². The van der Waals surface area contributed by atoms with E-state index in [1.807, 2.05) is 36.4 Å². The minimum Gasteiger partial charge on any atom is -0.493 e. The molecule has 0 radical (unpaired) electrons. The van der Waals surface area contributed by atoms with Gasteiger partial charge >= 0.3 is 0 Å². The van der Waals surface area contributed by atoms with Gasteiger partial charge in [0.25, 0.3) is 0 Å². The molecule has 0 saturated heterocycles. The van der Waals surface area contributed by atoms with Crippen molar-refractivity contribution >= 4 is 16.9 Å². The minimum absolute atomic E-state index is 0.0385. The fourth-order valence-electron chi connectivity index (χ4n) is 4.53. The summed E-state index contributed by atoms with van der Waals surface area (Å²) in [7, 11) is 3.18. The van der Waals surface area contributed by atoms with Crippen LogP contribution in [0.5, 0.6) is 17.2 Å². The SMILES string of the molecule is COc1ccc(CC(=O)NCCc2nc3ccccc3n2CCCCOc2cc(C)ccc2C)cc1OC. The standard InChI is InChI=1S/C31H37N3O4/c1-22-11-12-23(2)28(19-22)38-18-8-7-17-34-26-10-6-5-9-25(26)33-30(34)15-16-32-31(35)21-24-13-14-27(36-3)29(20-24)37-4/h5-6,9-14,19-20H,7-8,15-18,21H2,1-4H3,(H,32,35). The first-order chi connectivity index (χ1) is 18.5. The van der Waals surface area contributed by atoms with Gasteiger partial charge in [-0.3, -0.25) is 4.79 Å². The first-order valence-corrected chi connectivity index (χ1v) is 13.1. The predicted molar refractivity (Wildman–Crippen MR) is 150 cm³/mol. The number of amides is 1. The van der Waals surface area contributed by atoms with Crippen LogP contribution in [0.25, 0.3) is 11.0 Å². The van der Waals surface area contributed by atoms with Crippen molar-refractivity contribution in [3.8, 4) is 17.2 Å². The first-order valence-electron chi connectivity index (χ1n) is 13.1. The molecule has 1 amide bonds. The number of nitrogens with one attached hydrogen (secondary N) is 1. The Balaban J connectivity index is 1.31. The lowest BCUT2D eigenvalue weighted by Gasteiger charge is -2.12. The number of hydrogen-bond acceptors (Lipinski definition) is 5. The van der Waals surface area contributed by atoms with Crippen molar-refractivity contribution in [1.29, 1.82) is 0 Å². The third-order valence-corrected chi connectivity index (χ3v) is 6.59. The molecule has 1 heterocycles. The Labute approximate surface area is 224 Å². The first kappa shape index (κ1) is 27.0. The number of carbonyl (C=O) groups excluding carboxylic acids is 1. The largest absolute Gasteiger partial charge is 0.493 e. The third kappa shape index (κ3) is 6.85. The molecule has 200 valence electrons. The van der Waals surface area contributed by atoms with Crippen LogP contribution in [0, 0.1) is 13.8 Å². The van der Waals surface area contributed by atoms with Crippen molar-refractivity contribution < 1.29 is 19.0 Å². The second-order valence-electron chi connectivity index (χ2n) is 9.46. The number of carbonyl (C=O) groups is 1. The predicted octanol–water partition coefficient (Wildman–Crippen LogP) is 5.43. The maximum absolute atomic E-state index is 12.6. The van der Waals surface area contributed by atoms with Crippen LogP contribution in [-0.4, -0.2) is 42.8 Å². The van der Waals surface area contributed by atoms with Gasteiger partial charge in [0.2, 0.25) is 5.91 Å². The molecular weight excluding hydrogens is 478 g/mol. The lowest BCUT2D eigenvalue weighted by molar-refractivity contribution is -0.120. The summed E-state index contributed by atoms with van der Waals surface area (Å²) in [5.74, 6) is 3.16. The van der Waals surface area contributed by atoms with Crippen LogP contribution in [0.4, 0.5) is 0 Å². The number of rotatable bonds is 13. The van der Waals surface area contributed by atoms with Gasteiger partial charge in [-0.05, 0) is 73.7 Å². The van der Waals surface area contributed by atoms with Crippen molar-refractivity contribution in [2.75, 3.05) is 27.4 Å². The van der Waals surface area contributed by atoms with E-state index in [1.165, 1.54) is 5.56 Å². The smallest absolute Gasteiger partial charge is 0.224 e. The van der Waals surface area contributed by atoms with E-state index in [0.29, 0.717) is 31.1 Å². The molecule has 0 unspecified atom stereocenters. The molecule has 3 aromatic carbocycles. The molecule has 0 fully saturated rings. The number of benzene rings is 3. The zero-order valence-electron chi connectivity index (χ0n) is 22.8. The minimum atomic E-state index is -0.0385. The van der Waals surface area contributed by atoms with Gasteiger partial charge in [-0.15, -0.1) is 0 Å². The van der Waals surface area contributed by atoms with Crippen LogP contribution in [0.3, 0.4) is 0 Å². The topological polar surface area (TPSA) is 74.6 Å². The van der Waals surface area contributed by atoms with Gasteiger partial charge in [-0.25, -0.2) is 4.98 Å². The van der Waals surface area contributed by atoms with Crippen LogP contribution >= 0.6 is 0 Å². The summed E-state index contributed by atoms with van der Waals surface area (Å²) in [5, 5.41) is 3.04. The van der Waals surface area contributed by atoms with Crippen LogP contribution in [0.1, 0.15) is 35.4 Å². The fourth-order valence-corrected chi connectivity index (χ4v) is 4.53. The lowest BCUT2D eigenvalue weighted by Crippen LogP contribution is -2.28. The summed E-state index contributed by atoms with van der Waals surface area (Å²) >= 11 is 0. The Morgan fingerprint density at radius 3 is 2.55 bits per heavy atom. The zero-order chi connectivity index (χ0) is 26.9. The molecule has 0 bridgehead atoms. The molecule has 1 N–H and O–H groups in total. The number of fused-ring (bicyclic) bond motifs is 1. The molecule has 4 aromatic rings. The molecule has 0 aliphatic heterocycles. The molecule has 0 aliphatic rings. The Morgan fingerprint density at radius 2 is 1.74 bits per heavy atom. The van der Waals surface area contributed by atoms with E-state index in [0.717, 1.165) is 53.1 Å². The summed E-state index contributed by atoms with van der Waals surface area (Å²) < 4.78 is 18.9. The Morgan fingerprint density at radius 1 is 0.921 bits per heavy atom. The fraction of sp³-hybridized carbons (Fsp3) is 0.355. The quantitative estimate of drug-likeness (QED) is 0.240. The van der Waals surface area contributed by atoms with E-state index >= 15 is 0 Å². The zero-order valence-corrected chi connectivity index (χ0v) is 22.8. The van der Waals surface area contributed by atoms with Gasteiger partial charge in [-0.2, -0.15) is 0 Å². The summed E-state index contributed by atoms with van der Waals surface area (Å²) in [6.45, 7) is 6.21. The third-order valence-electron chi connectivity index (χ3n) is 6.59. The van der Waals surface area contributed by atoms with Crippen molar-refractivity contribution in [2.24, 2.45) is 0 Å². The molecular formula is C31H37N3O4. The second kappa shape index (κ2) is 13.0. The van der Waals surface area contributed by atoms with Gasteiger partial charge in [-0.1, -0.05) is 30.3 Å². The van der Waals surface area contributed by atoms with Crippen LogP contribution in [-0.2, 0) is 24.2 Å². The number of unbranched alkanes of at least 4 members (excludes halogenated alkanes) is 1. The number of para-hydroxylation sites is 2. The molecule has 7 nitrogen and oxygen atoms in total. The number of methoxy groups -OCH3 is 2. The summed E-state index contributed by atoms with van der Waals surface area (Å²) in [5.41, 5.74) is 5.33. The molecule has 4 rings (SSSR count). The molecule has 1 aromatic heterocycles. The van der Waals surface area contributed by atoms with Crippen LogP contribution < -0.4 is 19.5 Å². The van der Waals surface area contributed by atoms with Crippen molar-refractivity contribution in [2.45, 2.75) is 46.1 Å². The van der Waals surface area contributed by atoms with Gasteiger partial charge in [0.05, 0.1) is 38.3 Å². The van der Waals surface area contributed by atoms with E-state index in [-0.39, 0.29) is 12.3 Å². The van der Waals surface area contributed by atoms with Gasteiger partial charge in [0.15, 0.2) is 11.5 Å². The number of ether oxygens (including phenoxy) is 3. The molecule has 38 heavy (non-hydrogen) atoms. The highest BCUT2D eigenvalue weighted by Gasteiger charge is 2.12. The van der Waals surface area contributed by atoms with E-state index < -0.39 is 0 Å². The Bertz CT molecular complexity index is 1380. The van der Waals surface area contributed by atoms with Crippen molar-refractivity contribution in [1.82, 2.24) is 14.9 Å². The highest BCUT2D eigenvalue weighted by atomic mass is 16.5. The van der Waals surface area contributed by atoms with Gasteiger partial charge in [0, 0.05) is 19.5 Å². The van der Waals surface area contributed by atoms with Crippen molar-refractivity contribution in [3.63, 3.8) is 0 Å². The maximum atomic E-state index is 12.6. The summed E-state index contributed by atoms with van der Waals surface area (Å²) in [6.07, 6.45) is 2.85. The maximum Gasteiger partial charge on any atom is 0.224 e. The van der Waals surface area contributed by atoms with Crippen LogP contribution in [0.2, 0.25) is 0 Å². The second-order valence-corrected chi connectivity index (χ2v) is 9.46. The Kier molecular flexibility index (Phi) is 9.25. The average molecular weight is 516 g/mol. The molecule has 7 heteroatoms. The Hall–Kier alpha value is -4.00. The number of aromatic nitrogens is 2. The highest BCUT2D eigenvalue weighted by Crippen LogP contribution is 2.27. The summed E-state index contributed by atoms with van der Waals surface area (Å²) in [6, 6.07) is 20.0. The molecule has 0 atom stereocenters. The molecule has 0 saturated carbocycles. The number of imidazole rings is 1. The number of aryl methyl sites for hydroxylation is 3. The van der Waals surface area contributed by atoms with Gasteiger partial charge < -0.3 is 24.1 Å². The summed E-state index contributed by atoms with van der Waals surface area (Å²) in [4.78, 5) is 17.4. The van der Waals surface area contributed by atoms with Gasteiger partial charge in [0.1, 0.15) is 11.6 Å². The van der Waals surface area contributed by atoms with E-state index in [4.69, 9.17) is 19.2 Å². The van der Waals surface area contributed by atoms with E-state index in [9.17, 15) is 4.79 Å². The highest BCUT2D eigenvalue weighted by molar-refractivity contribution is 5.79. The molecule has 0 aliphatic carbocycles. The number of hydrogen-bond donors (Lipinski definition) is 1. The van der Waals surface area contributed by atoms with E-state index in [1.54, 1.807) is 14.2 Å². The van der Waals surface area contributed by atoms with E-state index in [2.05, 4.69) is 48.0 Å². The average Bonchev–Trinajstić information content (AvgIpc) is 3.27. The lowest BCUT2D eigenvalue weighted by atomic mass is 10.1. The monoisotopic (exact) mass is 515 g/mol.